The van der Waals surface area contributed by atoms with Crippen LogP contribution in [0.25, 0.3) is 11.2 Å². The highest BCUT2D eigenvalue weighted by molar-refractivity contribution is 7.48. The first kappa shape index (κ1) is 21.8. The standard InChI is InChI=1S/C15H21N6O9P/c16-15-18-11-8(12(24)19-15)17-5-20(11)13-10(23)9(22)7(30-13)4-29-31(27,28)21-3-1-2-6(21)14(25)26/h5-7,9-10,13,22-23H,1-4H2,(H,25,26)(H,27,28)(H3,16,18,19,24)/p-1/t6-,7+,9-,10?,13+/m0/s1. The number of ether oxygens (including phenoxy) is 1. The SMILES string of the molecule is Nc1nc2c(ncn2[C@@H]2O[C@H](COP(=O)([O-])N3CCC[C@H]3C(=O)O)[C@H](O)C2O)c(=O)[nH]1. The summed E-state index contributed by atoms with van der Waals surface area (Å²) in [6.07, 6.45) is -3.91. The van der Waals surface area contributed by atoms with E-state index >= 15 is 0 Å². The van der Waals surface area contributed by atoms with E-state index in [1.54, 1.807) is 0 Å². The van der Waals surface area contributed by atoms with E-state index in [2.05, 4.69) is 15.0 Å². The molecule has 2 aromatic heterocycles. The number of nitrogens with zero attached hydrogens (tertiary/aromatic N) is 4. The molecular weight excluding hydrogens is 439 g/mol. The summed E-state index contributed by atoms with van der Waals surface area (Å²) in [7, 11) is -4.74. The number of aliphatic carboxylic acids is 1. The summed E-state index contributed by atoms with van der Waals surface area (Å²) in [6.45, 7) is -0.666. The fourth-order valence-corrected chi connectivity index (χ4v) is 5.19. The number of carbonyl (C=O) groups is 1. The topological polar surface area (TPSA) is 229 Å². The summed E-state index contributed by atoms with van der Waals surface area (Å²) in [6, 6.07) is -1.22. The summed E-state index contributed by atoms with van der Waals surface area (Å²) >= 11 is 0. The second-order valence-corrected chi connectivity index (χ2v) is 8.95. The average molecular weight is 459 g/mol. The lowest BCUT2D eigenvalue weighted by atomic mass is 10.1. The van der Waals surface area contributed by atoms with Crippen molar-refractivity contribution in [3.05, 3.63) is 16.7 Å². The van der Waals surface area contributed by atoms with E-state index in [0.717, 1.165) is 11.0 Å². The van der Waals surface area contributed by atoms with Crippen molar-refractivity contribution in [1.29, 1.82) is 0 Å². The van der Waals surface area contributed by atoms with Gasteiger partial charge in [-0.05, 0) is 12.8 Å². The molecule has 16 heteroatoms. The lowest BCUT2D eigenvalue weighted by Crippen LogP contribution is -2.39. The van der Waals surface area contributed by atoms with Gasteiger partial charge in [-0.15, -0.1) is 0 Å². The average Bonchev–Trinajstić information content (AvgIpc) is 3.40. The number of H-pyrrole nitrogens is 1. The van der Waals surface area contributed by atoms with Gasteiger partial charge in [0.15, 0.2) is 17.4 Å². The Morgan fingerprint density at radius 3 is 2.90 bits per heavy atom. The molecule has 0 spiro atoms. The van der Waals surface area contributed by atoms with Crippen LogP contribution in [0.5, 0.6) is 0 Å². The number of nitrogen functional groups attached to an aromatic ring is 1. The van der Waals surface area contributed by atoms with Crippen molar-refractivity contribution >= 4 is 30.8 Å². The number of aliphatic hydroxyl groups is 2. The zero-order valence-electron chi connectivity index (χ0n) is 15.9. The van der Waals surface area contributed by atoms with Gasteiger partial charge in [-0.3, -0.25) is 23.7 Å². The van der Waals surface area contributed by atoms with Gasteiger partial charge in [-0.25, -0.2) is 9.65 Å². The number of fused-ring (bicyclic) bond motifs is 1. The van der Waals surface area contributed by atoms with Crippen LogP contribution >= 0.6 is 7.75 Å². The quantitative estimate of drug-likeness (QED) is 0.278. The van der Waals surface area contributed by atoms with E-state index in [0.29, 0.717) is 6.42 Å². The molecule has 2 fully saturated rings. The summed E-state index contributed by atoms with van der Waals surface area (Å²) in [4.78, 5) is 45.7. The molecule has 0 aromatic carbocycles. The van der Waals surface area contributed by atoms with Crippen molar-refractivity contribution in [1.82, 2.24) is 24.2 Å². The minimum absolute atomic E-state index is 0.000262. The van der Waals surface area contributed by atoms with Crippen LogP contribution in [0.3, 0.4) is 0 Å². The molecule has 2 aromatic rings. The zero-order valence-corrected chi connectivity index (χ0v) is 16.8. The van der Waals surface area contributed by atoms with Gasteiger partial charge in [0.1, 0.15) is 24.4 Å². The molecule has 0 aliphatic carbocycles. The van der Waals surface area contributed by atoms with E-state index in [4.69, 9.17) is 20.1 Å². The van der Waals surface area contributed by atoms with Gasteiger partial charge in [-0.1, -0.05) is 0 Å². The lowest BCUT2D eigenvalue weighted by Gasteiger charge is -2.35. The van der Waals surface area contributed by atoms with E-state index in [1.165, 1.54) is 4.57 Å². The Balaban J connectivity index is 1.50. The number of anilines is 1. The molecular formula is C15H20N6O9P-. The maximum atomic E-state index is 12.4. The molecule has 6 atom stereocenters. The normalized spacial score (nSPS) is 31.3. The molecule has 6 N–H and O–H groups in total. The number of hydrogen-bond acceptors (Lipinski definition) is 11. The Morgan fingerprint density at radius 2 is 2.19 bits per heavy atom. The number of imidazole rings is 1. The van der Waals surface area contributed by atoms with Crippen LogP contribution in [0.4, 0.5) is 5.95 Å². The predicted octanol–water partition coefficient (Wildman–Crippen LogP) is -2.64. The van der Waals surface area contributed by atoms with Crippen LogP contribution < -0.4 is 16.2 Å². The number of carboxylic acid groups (broad SMARTS) is 1. The summed E-state index contributed by atoms with van der Waals surface area (Å²) < 4.78 is 24.9. The van der Waals surface area contributed by atoms with E-state index in [-0.39, 0.29) is 30.1 Å². The predicted molar refractivity (Wildman–Crippen MR) is 99.4 cm³/mol. The second kappa shape index (κ2) is 7.94. The maximum Gasteiger partial charge on any atom is 0.321 e. The van der Waals surface area contributed by atoms with Crippen LogP contribution in [-0.2, 0) is 18.6 Å². The minimum Gasteiger partial charge on any atom is -0.766 e. The number of hydrogen-bond donors (Lipinski definition) is 5. The molecule has 31 heavy (non-hydrogen) atoms. The van der Waals surface area contributed by atoms with Gasteiger partial charge in [-0.2, -0.15) is 4.98 Å². The second-order valence-electron chi connectivity index (χ2n) is 7.25. The van der Waals surface area contributed by atoms with Gasteiger partial charge in [0, 0.05) is 6.54 Å². The number of nitrogens with two attached hydrogens (primary N) is 1. The van der Waals surface area contributed by atoms with E-state index < -0.39 is 56.5 Å². The molecule has 4 heterocycles. The molecule has 0 amide bonds. The Hall–Kier alpha value is -2.39. The van der Waals surface area contributed by atoms with E-state index in [9.17, 15) is 29.3 Å². The van der Waals surface area contributed by atoms with Crippen molar-refractivity contribution < 1.29 is 38.8 Å². The molecule has 2 aliphatic heterocycles. The molecule has 0 bridgehead atoms. The Kier molecular flexibility index (Phi) is 5.59. The van der Waals surface area contributed by atoms with Crippen molar-refractivity contribution in [2.45, 2.75) is 43.4 Å². The van der Waals surface area contributed by atoms with Crippen molar-refractivity contribution in [3.63, 3.8) is 0 Å². The van der Waals surface area contributed by atoms with Crippen molar-refractivity contribution in [2.24, 2.45) is 0 Å². The van der Waals surface area contributed by atoms with Gasteiger partial charge in [0.25, 0.3) is 5.56 Å². The smallest absolute Gasteiger partial charge is 0.321 e. The number of carboxylic acids is 1. The molecule has 2 aliphatic rings. The number of nitrogens with one attached hydrogen (secondary N) is 1. The molecule has 15 nitrogen and oxygen atoms in total. The van der Waals surface area contributed by atoms with Gasteiger partial charge < -0.3 is 35.2 Å². The van der Waals surface area contributed by atoms with Crippen LogP contribution in [0.1, 0.15) is 19.1 Å². The third-order valence-electron chi connectivity index (χ3n) is 5.29. The lowest BCUT2D eigenvalue weighted by molar-refractivity contribution is -0.217. The van der Waals surface area contributed by atoms with Crippen LogP contribution in [0.15, 0.2) is 11.1 Å². The molecule has 0 radical (unpaired) electrons. The number of aliphatic hydroxyl groups excluding tert-OH is 2. The first-order valence-corrected chi connectivity index (χ1v) is 10.8. The summed E-state index contributed by atoms with van der Waals surface area (Å²) in [5.41, 5.74) is 4.85. The molecule has 170 valence electrons. The maximum absolute atomic E-state index is 12.4. The van der Waals surface area contributed by atoms with Gasteiger partial charge >= 0.3 is 5.97 Å². The molecule has 0 saturated carbocycles. The Bertz CT molecular complexity index is 1100. The monoisotopic (exact) mass is 459 g/mol. The van der Waals surface area contributed by atoms with Crippen LogP contribution in [0, 0.1) is 0 Å². The largest absolute Gasteiger partial charge is 0.766 e. The van der Waals surface area contributed by atoms with Gasteiger partial charge in [0.05, 0.1) is 12.9 Å². The Morgan fingerprint density at radius 1 is 1.45 bits per heavy atom. The van der Waals surface area contributed by atoms with E-state index in [1.807, 2.05) is 0 Å². The highest BCUT2D eigenvalue weighted by atomic mass is 31.2. The minimum atomic E-state index is -4.74. The fourth-order valence-electron chi connectivity index (χ4n) is 3.76. The zero-order chi connectivity index (χ0) is 22.5. The first-order valence-electron chi connectivity index (χ1n) is 9.29. The molecule has 2 unspecified atom stereocenters. The highest BCUT2D eigenvalue weighted by Gasteiger charge is 2.46. The van der Waals surface area contributed by atoms with Gasteiger partial charge in [0.2, 0.25) is 13.7 Å². The van der Waals surface area contributed by atoms with Crippen molar-refractivity contribution in [3.8, 4) is 0 Å². The Labute approximate surface area is 173 Å². The third kappa shape index (κ3) is 3.85. The summed E-state index contributed by atoms with van der Waals surface area (Å²) in [5.74, 6) is -1.48. The molecule has 2 saturated heterocycles. The third-order valence-corrected chi connectivity index (χ3v) is 6.87. The van der Waals surface area contributed by atoms with Crippen LogP contribution in [-0.4, -0.2) is 83.0 Å². The number of rotatable bonds is 6. The first-order chi connectivity index (χ1) is 14.6. The van der Waals surface area contributed by atoms with Crippen molar-refractivity contribution in [2.75, 3.05) is 18.9 Å². The fraction of sp³-hybridized carbons (Fsp3) is 0.600. The van der Waals surface area contributed by atoms with Crippen LogP contribution in [0.2, 0.25) is 0 Å². The molecule has 4 rings (SSSR count). The number of aromatic nitrogens is 4. The number of aromatic amines is 1. The summed E-state index contributed by atoms with van der Waals surface area (Å²) in [5, 5.41) is 29.9. The highest BCUT2D eigenvalue weighted by Crippen LogP contribution is 2.47.